The van der Waals surface area contributed by atoms with Gasteiger partial charge in [0.2, 0.25) is 0 Å². The van der Waals surface area contributed by atoms with Crippen LogP contribution in [-0.2, 0) is 21.6 Å². The molecule has 37 heavy (non-hydrogen) atoms. The van der Waals surface area contributed by atoms with Gasteiger partial charge in [-0.3, -0.25) is 4.79 Å². The Morgan fingerprint density at radius 3 is 2.41 bits per heavy atom. The van der Waals surface area contributed by atoms with Crippen molar-refractivity contribution < 1.29 is 35.7 Å². The highest BCUT2D eigenvalue weighted by Crippen LogP contribution is 2.51. The maximum atomic E-state index is 14.9. The molecule has 196 valence electrons. The Morgan fingerprint density at radius 1 is 1.14 bits per heavy atom. The number of anilines is 1. The van der Waals surface area contributed by atoms with Gasteiger partial charge in [-0.25, -0.2) is 17.8 Å². The summed E-state index contributed by atoms with van der Waals surface area (Å²) in [6.45, 7) is 2.31. The first kappa shape index (κ1) is 26.5. The van der Waals surface area contributed by atoms with Crippen LogP contribution >= 0.6 is 0 Å². The molecule has 3 aromatic rings. The van der Waals surface area contributed by atoms with E-state index in [-0.39, 0.29) is 40.3 Å². The van der Waals surface area contributed by atoms with Crippen LogP contribution in [0.4, 0.5) is 27.6 Å². The van der Waals surface area contributed by atoms with E-state index in [1.54, 1.807) is 0 Å². The quantitative estimate of drug-likeness (QED) is 0.358. The summed E-state index contributed by atoms with van der Waals surface area (Å²) < 4.78 is 95.2. The van der Waals surface area contributed by atoms with Gasteiger partial charge in [-0.2, -0.15) is 13.2 Å². The molecule has 2 N–H and O–H groups in total. The Labute approximate surface area is 209 Å². The molecule has 1 unspecified atom stereocenters. The van der Waals surface area contributed by atoms with Gasteiger partial charge in [-0.15, -0.1) is 10.2 Å². The van der Waals surface area contributed by atoms with Gasteiger partial charge >= 0.3 is 6.18 Å². The summed E-state index contributed by atoms with van der Waals surface area (Å²) in [6, 6.07) is 7.91. The largest absolute Gasteiger partial charge is 0.437 e. The molecule has 7 nitrogen and oxygen atoms in total. The third-order valence-electron chi connectivity index (χ3n) is 5.94. The number of aromatic nitrogens is 2. The first-order valence-electron chi connectivity index (χ1n) is 10.9. The number of hydrogen-bond donors (Lipinski definition) is 2. The Hall–Kier alpha value is -3.61. The SMILES string of the molecule is Cc1c(Oc2nnc(C(F)(F)F)c(C)c2C(=O)Nc2cccc(S(C)(=N)=O)c2)ccc(C2(F)CC2)c1F. The minimum Gasteiger partial charge on any atom is -0.437 e. The molecule has 1 amide bonds. The average molecular weight is 541 g/mol. The molecule has 1 heterocycles. The van der Waals surface area contributed by atoms with Crippen LogP contribution in [0, 0.1) is 24.4 Å². The molecule has 1 aromatic heterocycles. The summed E-state index contributed by atoms with van der Waals surface area (Å²) >= 11 is 0. The van der Waals surface area contributed by atoms with Gasteiger partial charge in [-0.1, -0.05) is 6.07 Å². The summed E-state index contributed by atoms with van der Waals surface area (Å²) in [5.74, 6) is -2.74. The van der Waals surface area contributed by atoms with Crippen LogP contribution in [0.5, 0.6) is 11.6 Å². The lowest BCUT2D eigenvalue weighted by molar-refractivity contribution is -0.142. The zero-order chi connectivity index (χ0) is 27.3. The van der Waals surface area contributed by atoms with Crippen LogP contribution in [0.25, 0.3) is 0 Å². The second kappa shape index (κ2) is 9.05. The number of alkyl halides is 4. The molecule has 13 heteroatoms. The molecule has 0 saturated heterocycles. The van der Waals surface area contributed by atoms with Crippen LogP contribution in [0.1, 0.15) is 45.6 Å². The molecular weight excluding hydrogens is 519 g/mol. The lowest BCUT2D eigenvalue weighted by atomic mass is 10.0. The van der Waals surface area contributed by atoms with Crippen molar-refractivity contribution in [1.29, 1.82) is 4.78 Å². The minimum absolute atomic E-state index is 0.0595. The number of nitrogens with one attached hydrogen (secondary N) is 2. The fraction of sp³-hybridized carbons (Fsp3) is 0.292. The van der Waals surface area contributed by atoms with Crippen LogP contribution < -0.4 is 10.1 Å². The number of hydrogen-bond acceptors (Lipinski definition) is 6. The van der Waals surface area contributed by atoms with E-state index >= 15 is 0 Å². The standard InChI is InChI=1S/C24H21F5N4O3S/c1-12-17(8-7-16(19(12)25)23(26)9-10-23)36-22-18(13(2)20(32-33-22)24(27,28)29)21(34)31-14-5-4-6-15(11-14)37(3,30)35/h4-8,11,30H,9-10H2,1-3H3,(H,31,34). The van der Waals surface area contributed by atoms with Gasteiger partial charge in [-0.05, 0) is 62.6 Å². The monoisotopic (exact) mass is 540 g/mol. The number of amides is 1. The van der Waals surface area contributed by atoms with Gasteiger partial charge in [0.15, 0.2) is 5.69 Å². The van der Waals surface area contributed by atoms with E-state index < -0.39 is 56.0 Å². The smallest absolute Gasteiger partial charge is 0.435 e. The van der Waals surface area contributed by atoms with E-state index in [9.17, 15) is 31.0 Å². The molecule has 2 aromatic carbocycles. The first-order valence-corrected chi connectivity index (χ1v) is 12.8. The Balaban J connectivity index is 1.76. The molecule has 1 fully saturated rings. The van der Waals surface area contributed by atoms with Gasteiger partial charge in [0.25, 0.3) is 11.8 Å². The van der Waals surface area contributed by atoms with Crippen molar-refractivity contribution in [3.8, 4) is 11.6 Å². The van der Waals surface area contributed by atoms with Crippen molar-refractivity contribution in [3.63, 3.8) is 0 Å². The third kappa shape index (κ3) is 5.26. The van der Waals surface area contributed by atoms with Gasteiger partial charge < -0.3 is 10.1 Å². The fourth-order valence-electron chi connectivity index (χ4n) is 3.72. The molecule has 4 rings (SSSR count). The molecule has 1 aliphatic carbocycles. The van der Waals surface area contributed by atoms with Crippen molar-refractivity contribution in [2.45, 2.75) is 43.4 Å². The van der Waals surface area contributed by atoms with E-state index in [2.05, 4.69) is 15.5 Å². The van der Waals surface area contributed by atoms with Gasteiger partial charge in [0.05, 0.1) is 9.73 Å². The lowest BCUT2D eigenvalue weighted by Gasteiger charge is -2.18. The number of nitrogens with zero attached hydrogens (tertiary/aromatic N) is 2. The first-order chi connectivity index (χ1) is 17.1. The minimum atomic E-state index is -4.94. The third-order valence-corrected chi connectivity index (χ3v) is 7.09. The Bertz CT molecular complexity index is 1520. The predicted octanol–water partition coefficient (Wildman–Crippen LogP) is 6.29. The highest BCUT2D eigenvalue weighted by Gasteiger charge is 2.47. The zero-order valence-electron chi connectivity index (χ0n) is 19.8. The number of carbonyl (C=O) groups excluding carboxylic acids is 1. The fourth-order valence-corrected chi connectivity index (χ4v) is 4.41. The number of benzene rings is 2. The van der Waals surface area contributed by atoms with Crippen molar-refractivity contribution in [2.75, 3.05) is 11.6 Å². The van der Waals surface area contributed by atoms with Crippen LogP contribution in [0.2, 0.25) is 0 Å². The summed E-state index contributed by atoms with van der Waals surface area (Å²) in [5, 5.41) is 9.01. The zero-order valence-corrected chi connectivity index (χ0v) is 20.6. The van der Waals surface area contributed by atoms with E-state index in [1.165, 1.54) is 49.6 Å². The van der Waals surface area contributed by atoms with Crippen LogP contribution in [0.15, 0.2) is 41.3 Å². The number of ether oxygens (including phenoxy) is 1. The highest BCUT2D eigenvalue weighted by molar-refractivity contribution is 7.91. The Kier molecular flexibility index (Phi) is 6.47. The van der Waals surface area contributed by atoms with Gasteiger partial charge in [0.1, 0.15) is 22.8 Å². The van der Waals surface area contributed by atoms with Crippen LogP contribution in [-0.4, -0.2) is 26.6 Å². The van der Waals surface area contributed by atoms with E-state index in [0.29, 0.717) is 0 Å². The molecule has 1 saturated carbocycles. The Morgan fingerprint density at radius 2 is 1.81 bits per heavy atom. The van der Waals surface area contributed by atoms with Crippen molar-refractivity contribution in [1.82, 2.24) is 10.2 Å². The lowest BCUT2D eigenvalue weighted by Crippen LogP contribution is -2.21. The maximum Gasteiger partial charge on any atom is 0.435 e. The predicted molar refractivity (Wildman–Crippen MR) is 124 cm³/mol. The van der Waals surface area contributed by atoms with Crippen molar-refractivity contribution >= 4 is 21.3 Å². The molecule has 1 aliphatic rings. The van der Waals surface area contributed by atoms with Gasteiger partial charge in [0, 0.05) is 28.0 Å². The average Bonchev–Trinajstić information content (AvgIpc) is 3.53. The molecular formula is C24H21F5N4O3S. The summed E-state index contributed by atoms with van der Waals surface area (Å²) in [7, 11) is -3.14. The van der Waals surface area contributed by atoms with E-state index in [4.69, 9.17) is 9.52 Å². The second-order valence-corrected chi connectivity index (χ2v) is 11.0. The highest BCUT2D eigenvalue weighted by atomic mass is 32.2. The summed E-state index contributed by atoms with van der Waals surface area (Å²) in [5.41, 5.74) is -4.61. The van der Waals surface area contributed by atoms with E-state index in [0.717, 1.165) is 6.92 Å². The summed E-state index contributed by atoms with van der Waals surface area (Å²) in [4.78, 5) is 13.3. The topological polar surface area (TPSA) is 105 Å². The number of halogens is 5. The van der Waals surface area contributed by atoms with Crippen LogP contribution in [0.3, 0.4) is 0 Å². The van der Waals surface area contributed by atoms with E-state index in [1.807, 2.05) is 0 Å². The van der Waals surface area contributed by atoms with Crippen molar-refractivity contribution in [3.05, 3.63) is 70.2 Å². The second-order valence-electron chi connectivity index (χ2n) is 8.79. The molecule has 0 aliphatic heterocycles. The number of carbonyl (C=O) groups is 1. The summed E-state index contributed by atoms with van der Waals surface area (Å²) in [6.07, 6.45) is -3.42. The molecule has 1 atom stereocenters. The molecule has 0 bridgehead atoms. The normalized spacial score (nSPS) is 16.1. The van der Waals surface area contributed by atoms with Crippen molar-refractivity contribution in [2.24, 2.45) is 0 Å². The number of rotatable bonds is 6. The maximum absolute atomic E-state index is 14.9. The molecule has 0 radical (unpaired) electrons. The molecule has 0 spiro atoms.